The molecular formula is C14H20N2O2S. The zero-order valence-corrected chi connectivity index (χ0v) is 12.1. The minimum atomic E-state index is 0.184. The summed E-state index contributed by atoms with van der Waals surface area (Å²) in [5.74, 6) is 0.426. The van der Waals surface area contributed by atoms with E-state index in [0.29, 0.717) is 13.0 Å². The van der Waals surface area contributed by atoms with Gasteiger partial charge in [0.05, 0.1) is 11.4 Å². The molecule has 0 N–H and O–H groups in total. The van der Waals surface area contributed by atoms with Gasteiger partial charge in [-0.1, -0.05) is 13.0 Å². The Morgan fingerprint density at radius 2 is 2.00 bits per heavy atom. The molecule has 0 spiro atoms. The molecule has 2 heterocycles. The van der Waals surface area contributed by atoms with Gasteiger partial charge >= 0.3 is 0 Å². The molecule has 104 valence electrons. The molecule has 0 radical (unpaired) electrons. The van der Waals surface area contributed by atoms with E-state index in [9.17, 15) is 9.59 Å². The molecule has 0 saturated carbocycles. The summed E-state index contributed by atoms with van der Waals surface area (Å²) in [6, 6.07) is 3.77. The van der Waals surface area contributed by atoms with Crippen molar-refractivity contribution in [3.05, 3.63) is 22.4 Å². The largest absolute Gasteiger partial charge is 0.340 e. The van der Waals surface area contributed by atoms with Gasteiger partial charge in [-0.05, 0) is 17.9 Å². The van der Waals surface area contributed by atoms with E-state index < -0.39 is 0 Å². The fourth-order valence-corrected chi connectivity index (χ4v) is 2.90. The summed E-state index contributed by atoms with van der Waals surface area (Å²) in [7, 11) is 0. The van der Waals surface area contributed by atoms with Crippen molar-refractivity contribution in [3.8, 4) is 0 Å². The molecule has 0 aromatic carbocycles. The van der Waals surface area contributed by atoms with Crippen molar-refractivity contribution in [2.75, 3.05) is 32.7 Å². The number of Topliss-reactive ketones (excluding diaryl/α,β-unsaturated/α-hetero) is 1. The number of thiophene rings is 1. The van der Waals surface area contributed by atoms with E-state index >= 15 is 0 Å². The number of nitrogens with zero attached hydrogens (tertiary/aromatic N) is 2. The Kier molecular flexibility index (Phi) is 5.10. The lowest BCUT2D eigenvalue weighted by Gasteiger charge is -2.34. The Labute approximate surface area is 118 Å². The third-order valence-corrected chi connectivity index (χ3v) is 4.26. The maximum Gasteiger partial charge on any atom is 0.222 e. The summed E-state index contributed by atoms with van der Waals surface area (Å²) in [6.07, 6.45) is 1.53. The Morgan fingerprint density at radius 1 is 1.26 bits per heavy atom. The van der Waals surface area contributed by atoms with Crippen LogP contribution in [0.15, 0.2) is 17.5 Å². The van der Waals surface area contributed by atoms with Crippen LogP contribution < -0.4 is 0 Å². The highest BCUT2D eigenvalue weighted by molar-refractivity contribution is 7.12. The van der Waals surface area contributed by atoms with Gasteiger partial charge in [0.25, 0.3) is 0 Å². The van der Waals surface area contributed by atoms with Gasteiger partial charge in [-0.15, -0.1) is 11.3 Å². The minimum absolute atomic E-state index is 0.184. The predicted octanol–water partition coefficient (Wildman–Crippen LogP) is 1.88. The van der Waals surface area contributed by atoms with E-state index in [1.165, 1.54) is 11.3 Å². The molecule has 1 aliphatic rings. The maximum atomic E-state index is 12.0. The van der Waals surface area contributed by atoms with Gasteiger partial charge in [-0.2, -0.15) is 0 Å². The third kappa shape index (κ3) is 3.88. The summed E-state index contributed by atoms with van der Waals surface area (Å²) < 4.78 is 0. The highest BCUT2D eigenvalue weighted by atomic mass is 32.1. The minimum Gasteiger partial charge on any atom is -0.340 e. The SMILES string of the molecule is CCCC(=O)N1CCN(CC(=O)c2cccs2)CC1. The first-order valence-electron chi connectivity index (χ1n) is 6.77. The summed E-state index contributed by atoms with van der Waals surface area (Å²) >= 11 is 1.49. The molecule has 0 atom stereocenters. The first-order chi connectivity index (χ1) is 9.20. The average molecular weight is 280 g/mol. The number of carbonyl (C=O) groups excluding carboxylic acids is 2. The zero-order chi connectivity index (χ0) is 13.7. The average Bonchev–Trinajstić information content (AvgIpc) is 2.94. The van der Waals surface area contributed by atoms with Crippen molar-refractivity contribution in [3.63, 3.8) is 0 Å². The van der Waals surface area contributed by atoms with Crippen LogP contribution in [0, 0.1) is 0 Å². The highest BCUT2D eigenvalue weighted by Crippen LogP contribution is 2.11. The summed E-state index contributed by atoms with van der Waals surface area (Å²) in [5.41, 5.74) is 0. The number of carbonyl (C=O) groups is 2. The number of hydrogen-bond donors (Lipinski definition) is 0. The van der Waals surface area contributed by atoms with Crippen molar-refractivity contribution < 1.29 is 9.59 Å². The molecule has 1 aromatic rings. The first kappa shape index (κ1) is 14.2. The summed E-state index contributed by atoms with van der Waals surface area (Å²) in [6.45, 7) is 5.58. The number of rotatable bonds is 5. The lowest BCUT2D eigenvalue weighted by molar-refractivity contribution is -0.132. The molecule has 5 heteroatoms. The molecule has 1 aliphatic heterocycles. The molecule has 0 bridgehead atoms. The maximum absolute atomic E-state index is 12.0. The molecule has 1 aromatic heterocycles. The van der Waals surface area contributed by atoms with E-state index in [0.717, 1.165) is 37.5 Å². The van der Waals surface area contributed by atoms with E-state index in [2.05, 4.69) is 4.90 Å². The van der Waals surface area contributed by atoms with Crippen LogP contribution in [0.1, 0.15) is 29.4 Å². The number of hydrogen-bond acceptors (Lipinski definition) is 4. The summed E-state index contributed by atoms with van der Waals surface area (Å²) in [4.78, 5) is 28.6. The highest BCUT2D eigenvalue weighted by Gasteiger charge is 2.22. The van der Waals surface area contributed by atoms with Crippen LogP contribution in [0.3, 0.4) is 0 Å². The second kappa shape index (κ2) is 6.82. The molecule has 1 fully saturated rings. The van der Waals surface area contributed by atoms with Gasteiger partial charge in [-0.3, -0.25) is 14.5 Å². The molecule has 2 rings (SSSR count). The Balaban J connectivity index is 1.77. The number of ketones is 1. The first-order valence-corrected chi connectivity index (χ1v) is 7.65. The fourth-order valence-electron chi connectivity index (χ4n) is 2.25. The van der Waals surface area contributed by atoms with Gasteiger partial charge in [0.1, 0.15) is 0 Å². The van der Waals surface area contributed by atoms with Crippen LogP contribution in [0.2, 0.25) is 0 Å². The van der Waals surface area contributed by atoms with Crippen molar-refractivity contribution in [2.24, 2.45) is 0 Å². The second-order valence-electron chi connectivity index (χ2n) is 4.81. The van der Waals surface area contributed by atoms with Crippen LogP contribution in [-0.4, -0.2) is 54.2 Å². The van der Waals surface area contributed by atoms with E-state index in [4.69, 9.17) is 0 Å². The van der Waals surface area contributed by atoms with E-state index in [1.807, 2.05) is 29.3 Å². The molecular weight excluding hydrogens is 260 g/mol. The lowest BCUT2D eigenvalue weighted by atomic mass is 10.2. The van der Waals surface area contributed by atoms with Crippen LogP contribution in [0.5, 0.6) is 0 Å². The standard InChI is InChI=1S/C14H20N2O2S/c1-2-4-14(18)16-8-6-15(7-9-16)11-12(17)13-5-3-10-19-13/h3,5,10H,2,4,6-9,11H2,1H3. The predicted molar refractivity (Wildman–Crippen MR) is 76.6 cm³/mol. The van der Waals surface area contributed by atoms with E-state index in [-0.39, 0.29) is 11.7 Å². The third-order valence-electron chi connectivity index (χ3n) is 3.35. The van der Waals surface area contributed by atoms with Gasteiger partial charge in [-0.25, -0.2) is 0 Å². The van der Waals surface area contributed by atoms with Crippen LogP contribution in [0.4, 0.5) is 0 Å². The quantitative estimate of drug-likeness (QED) is 0.773. The molecule has 19 heavy (non-hydrogen) atoms. The Bertz CT molecular complexity index is 423. The van der Waals surface area contributed by atoms with Crippen LogP contribution >= 0.6 is 11.3 Å². The van der Waals surface area contributed by atoms with Crippen LogP contribution in [0.25, 0.3) is 0 Å². The Hall–Kier alpha value is -1.20. The molecule has 0 aliphatic carbocycles. The van der Waals surface area contributed by atoms with E-state index in [1.54, 1.807) is 0 Å². The zero-order valence-electron chi connectivity index (χ0n) is 11.3. The van der Waals surface area contributed by atoms with Crippen molar-refractivity contribution in [1.29, 1.82) is 0 Å². The monoisotopic (exact) mass is 280 g/mol. The normalized spacial score (nSPS) is 16.6. The van der Waals surface area contributed by atoms with Crippen molar-refractivity contribution >= 4 is 23.0 Å². The van der Waals surface area contributed by atoms with Gasteiger partial charge < -0.3 is 4.90 Å². The van der Waals surface area contributed by atoms with Gasteiger partial charge in [0, 0.05) is 32.6 Å². The summed E-state index contributed by atoms with van der Waals surface area (Å²) in [5, 5.41) is 1.93. The second-order valence-corrected chi connectivity index (χ2v) is 5.76. The van der Waals surface area contributed by atoms with Gasteiger partial charge in [0.15, 0.2) is 5.78 Å². The van der Waals surface area contributed by atoms with Crippen molar-refractivity contribution in [2.45, 2.75) is 19.8 Å². The number of amides is 1. The fraction of sp³-hybridized carbons (Fsp3) is 0.571. The molecule has 0 unspecified atom stereocenters. The van der Waals surface area contributed by atoms with Gasteiger partial charge in [0.2, 0.25) is 5.91 Å². The number of piperazine rings is 1. The molecule has 1 amide bonds. The Morgan fingerprint density at radius 3 is 2.58 bits per heavy atom. The topological polar surface area (TPSA) is 40.6 Å². The smallest absolute Gasteiger partial charge is 0.222 e. The molecule has 4 nitrogen and oxygen atoms in total. The van der Waals surface area contributed by atoms with Crippen LogP contribution in [-0.2, 0) is 4.79 Å². The van der Waals surface area contributed by atoms with Crippen molar-refractivity contribution in [1.82, 2.24) is 9.80 Å². The molecule has 1 saturated heterocycles. The lowest BCUT2D eigenvalue weighted by Crippen LogP contribution is -2.49.